The predicted molar refractivity (Wildman–Crippen MR) is 57.7 cm³/mol. The van der Waals surface area contributed by atoms with Gasteiger partial charge < -0.3 is 10.1 Å². The Labute approximate surface area is 82.4 Å². The highest BCUT2D eigenvalue weighted by Gasteiger charge is 2.00. The molecule has 0 amide bonds. The molecule has 2 heteroatoms. The van der Waals surface area contributed by atoms with Crippen LogP contribution >= 0.6 is 0 Å². The predicted octanol–water partition coefficient (Wildman–Crippen LogP) is 2.56. The van der Waals surface area contributed by atoms with Crippen LogP contribution < -0.4 is 5.32 Å². The standard InChI is InChI=1S/C11H23NO/c1-4-11(5-2)10-12-8-7-9-13-6-3/h6,11-12H,3-5,7-10H2,1-2H3. The summed E-state index contributed by atoms with van der Waals surface area (Å²) in [6.07, 6.45) is 5.10. The highest BCUT2D eigenvalue weighted by molar-refractivity contribution is 4.58. The molecule has 0 heterocycles. The maximum Gasteiger partial charge on any atom is 0.0885 e. The number of hydrogen-bond donors (Lipinski definition) is 1. The van der Waals surface area contributed by atoms with Crippen molar-refractivity contribution < 1.29 is 4.74 Å². The van der Waals surface area contributed by atoms with E-state index in [1.165, 1.54) is 19.1 Å². The molecule has 0 saturated heterocycles. The fourth-order valence-corrected chi connectivity index (χ4v) is 1.25. The minimum absolute atomic E-state index is 0.777. The zero-order valence-electron chi connectivity index (χ0n) is 9.01. The molecule has 0 aliphatic heterocycles. The van der Waals surface area contributed by atoms with Crippen LogP contribution in [0.3, 0.4) is 0 Å². The molecule has 13 heavy (non-hydrogen) atoms. The van der Waals surface area contributed by atoms with Gasteiger partial charge in [-0.25, -0.2) is 0 Å². The van der Waals surface area contributed by atoms with Crippen molar-refractivity contribution in [3.63, 3.8) is 0 Å². The fourth-order valence-electron chi connectivity index (χ4n) is 1.25. The molecule has 0 bridgehead atoms. The maximum atomic E-state index is 5.02. The van der Waals surface area contributed by atoms with E-state index in [2.05, 4.69) is 25.7 Å². The van der Waals surface area contributed by atoms with Crippen LogP contribution in [0.5, 0.6) is 0 Å². The first-order valence-electron chi connectivity index (χ1n) is 5.28. The highest BCUT2D eigenvalue weighted by Crippen LogP contribution is 2.04. The molecule has 0 aliphatic rings. The van der Waals surface area contributed by atoms with Crippen LogP contribution in [0, 0.1) is 5.92 Å². The molecular weight excluding hydrogens is 162 g/mol. The second kappa shape index (κ2) is 9.59. The first-order chi connectivity index (χ1) is 6.35. The molecule has 0 radical (unpaired) electrons. The monoisotopic (exact) mass is 185 g/mol. The number of nitrogens with one attached hydrogen (secondary N) is 1. The second-order valence-corrected chi connectivity index (χ2v) is 3.28. The molecule has 0 spiro atoms. The molecule has 1 N–H and O–H groups in total. The van der Waals surface area contributed by atoms with Gasteiger partial charge in [0.2, 0.25) is 0 Å². The van der Waals surface area contributed by atoms with E-state index in [0.29, 0.717) is 0 Å². The van der Waals surface area contributed by atoms with E-state index in [1.807, 2.05) is 0 Å². The Kier molecular flexibility index (Phi) is 9.22. The van der Waals surface area contributed by atoms with Gasteiger partial charge in [0, 0.05) is 0 Å². The summed E-state index contributed by atoms with van der Waals surface area (Å²) >= 11 is 0. The molecule has 0 aromatic rings. The smallest absolute Gasteiger partial charge is 0.0885 e. The Morgan fingerprint density at radius 1 is 1.38 bits per heavy atom. The summed E-state index contributed by atoms with van der Waals surface area (Å²) in [6, 6.07) is 0. The molecule has 0 unspecified atom stereocenters. The van der Waals surface area contributed by atoms with E-state index in [1.54, 1.807) is 0 Å². The highest BCUT2D eigenvalue weighted by atomic mass is 16.5. The summed E-state index contributed by atoms with van der Waals surface area (Å²) < 4.78 is 5.02. The number of rotatable bonds is 9. The van der Waals surface area contributed by atoms with Gasteiger partial charge in [-0.15, -0.1) is 0 Å². The first-order valence-corrected chi connectivity index (χ1v) is 5.28. The Balaban J connectivity index is 3.09. The van der Waals surface area contributed by atoms with Crippen LogP contribution in [-0.2, 0) is 4.74 Å². The Morgan fingerprint density at radius 3 is 2.62 bits per heavy atom. The third kappa shape index (κ3) is 7.85. The Morgan fingerprint density at radius 2 is 2.08 bits per heavy atom. The summed E-state index contributed by atoms with van der Waals surface area (Å²) in [5.41, 5.74) is 0. The van der Waals surface area contributed by atoms with Crippen molar-refractivity contribution in [1.82, 2.24) is 5.32 Å². The van der Waals surface area contributed by atoms with Gasteiger partial charge in [0.25, 0.3) is 0 Å². The lowest BCUT2D eigenvalue weighted by Crippen LogP contribution is -2.23. The summed E-state index contributed by atoms with van der Waals surface area (Å²) in [4.78, 5) is 0. The van der Waals surface area contributed by atoms with Crippen molar-refractivity contribution in [2.24, 2.45) is 5.92 Å². The molecule has 0 aromatic carbocycles. The average molecular weight is 185 g/mol. The van der Waals surface area contributed by atoms with E-state index in [9.17, 15) is 0 Å². The first kappa shape index (κ1) is 12.5. The lowest BCUT2D eigenvalue weighted by atomic mass is 10.0. The lowest BCUT2D eigenvalue weighted by Gasteiger charge is -2.12. The molecule has 0 fully saturated rings. The summed E-state index contributed by atoms with van der Waals surface area (Å²) in [6.45, 7) is 10.9. The van der Waals surface area contributed by atoms with Gasteiger partial charge in [0.1, 0.15) is 0 Å². The molecule has 0 atom stereocenters. The number of hydrogen-bond acceptors (Lipinski definition) is 2. The van der Waals surface area contributed by atoms with Crippen molar-refractivity contribution in [2.75, 3.05) is 19.7 Å². The molecular formula is C11H23NO. The molecule has 0 aliphatic carbocycles. The van der Waals surface area contributed by atoms with Crippen LogP contribution in [0.1, 0.15) is 33.1 Å². The minimum Gasteiger partial charge on any atom is -0.502 e. The van der Waals surface area contributed by atoms with Gasteiger partial charge in [-0.2, -0.15) is 0 Å². The number of ether oxygens (including phenoxy) is 1. The van der Waals surface area contributed by atoms with Gasteiger partial charge in [0.15, 0.2) is 0 Å². The van der Waals surface area contributed by atoms with Gasteiger partial charge >= 0.3 is 0 Å². The van der Waals surface area contributed by atoms with Gasteiger partial charge in [0.05, 0.1) is 12.9 Å². The summed E-state index contributed by atoms with van der Waals surface area (Å²) in [5.74, 6) is 0.834. The van der Waals surface area contributed by atoms with Crippen molar-refractivity contribution in [3.8, 4) is 0 Å². The molecule has 2 nitrogen and oxygen atoms in total. The SMILES string of the molecule is C=COCCCNCC(CC)CC. The van der Waals surface area contributed by atoms with E-state index in [4.69, 9.17) is 4.74 Å². The van der Waals surface area contributed by atoms with Gasteiger partial charge in [-0.3, -0.25) is 0 Å². The van der Waals surface area contributed by atoms with E-state index < -0.39 is 0 Å². The van der Waals surface area contributed by atoms with Gasteiger partial charge in [-0.05, 0) is 25.4 Å². The molecule has 78 valence electrons. The van der Waals surface area contributed by atoms with Crippen molar-refractivity contribution >= 4 is 0 Å². The zero-order valence-corrected chi connectivity index (χ0v) is 9.01. The van der Waals surface area contributed by atoms with E-state index in [-0.39, 0.29) is 0 Å². The summed E-state index contributed by atoms with van der Waals surface area (Å²) in [5, 5.41) is 3.43. The largest absolute Gasteiger partial charge is 0.502 e. The average Bonchev–Trinajstić information content (AvgIpc) is 2.17. The zero-order chi connectivity index (χ0) is 9.94. The normalized spacial score (nSPS) is 10.4. The third-order valence-corrected chi connectivity index (χ3v) is 2.32. The summed E-state index contributed by atoms with van der Waals surface area (Å²) in [7, 11) is 0. The topological polar surface area (TPSA) is 21.3 Å². The third-order valence-electron chi connectivity index (χ3n) is 2.32. The quantitative estimate of drug-likeness (QED) is 0.440. The van der Waals surface area contributed by atoms with Crippen LogP contribution in [-0.4, -0.2) is 19.7 Å². The lowest BCUT2D eigenvalue weighted by molar-refractivity contribution is 0.243. The van der Waals surface area contributed by atoms with Crippen molar-refractivity contribution in [3.05, 3.63) is 12.8 Å². The minimum atomic E-state index is 0.777. The Hall–Kier alpha value is -0.500. The van der Waals surface area contributed by atoms with Crippen molar-refractivity contribution in [2.45, 2.75) is 33.1 Å². The van der Waals surface area contributed by atoms with Crippen LogP contribution in [0.4, 0.5) is 0 Å². The second-order valence-electron chi connectivity index (χ2n) is 3.28. The van der Waals surface area contributed by atoms with E-state index >= 15 is 0 Å². The van der Waals surface area contributed by atoms with Crippen LogP contribution in [0.2, 0.25) is 0 Å². The fraction of sp³-hybridized carbons (Fsp3) is 0.818. The van der Waals surface area contributed by atoms with Crippen molar-refractivity contribution in [1.29, 1.82) is 0 Å². The Bertz CT molecular complexity index is 111. The maximum absolute atomic E-state index is 5.02. The van der Waals surface area contributed by atoms with Gasteiger partial charge in [-0.1, -0.05) is 33.3 Å². The van der Waals surface area contributed by atoms with Crippen LogP contribution in [0.25, 0.3) is 0 Å². The molecule has 0 saturated carbocycles. The molecule has 0 rings (SSSR count). The molecule has 0 aromatic heterocycles. The van der Waals surface area contributed by atoms with Crippen LogP contribution in [0.15, 0.2) is 12.8 Å². The van der Waals surface area contributed by atoms with E-state index in [0.717, 1.165) is 32.0 Å².